The minimum Gasteiger partial charge on any atom is -0.466 e. The van der Waals surface area contributed by atoms with E-state index < -0.39 is 10.9 Å². The summed E-state index contributed by atoms with van der Waals surface area (Å²) in [7, 11) is 0. The van der Waals surface area contributed by atoms with E-state index >= 15 is 0 Å². The van der Waals surface area contributed by atoms with Gasteiger partial charge in [-0.25, -0.2) is 0 Å². The van der Waals surface area contributed by atoms with Gasteiger partial charge in [0, 0.05) is 15.0 Å². The Balaban J connectivity index is 3.12. The summed E-state index contributed by atoms with van der Waals surface area (Å²) in [6, 6.07) is 3.01. The zero-order valence-corrected chi connectivity index (χ0v) is 12.1. The normalized spacial score (nSPS) is 10.1. The second kappa shape index (κ2) is 6.11. The predicted molar refractivity (Wildman–Crippen MR) is 68.8 cm³/mol. The average Bonchev–Trinajstić information content (AvgIpc) is 2.21. The van der Waals surface area contributed by atoms with Crippen LogP contribution in [0, 0.1) is 10.1 Å². The topological polar surface area (TPSA) is 69.4 Å². The van der Waals surface area contributed by atoms with Crippen molar-refractivity contribution in [2.75, 3.05) is 6.61 Å². The van der Waals surface area contributed by atoms with Gasteiger partial charge in [-0.15, -0.1) is 0 Å². The first-order valence-electron chi connectivity index (χ1n) is 4.73. The standard InChI is InChI=1S/C10H9Br2NO4/c1-2-17-10(14)5-7-8(12)3-6(11)4-9(7)13(15)16/h3-4H,2,5H2,1H3. The fourth-order valence-electron chi connectivity index (χ4n) is 1.28. The zero-order chi connectivity index (χ0) is 13.0. The lowest BCUT2D eigenvalue weighted by Crippen LogP contribution is -2.09. The molecule has 0 saturated heterocycles. The number of esters is 1. The third-order valence-electron chi connectivity index (χ3n) is 1.96. The van der Waals surface area contributed by atoms with Crippen LogP contribution in [0.2, 0.25) is 0 Å². The van der Waals surface area contributed by atoms with E-state index in [0.717, 1.165) is 0 Å². The Morgan fingerprint density at radius 3 is 2.65 bits per heavy atom. The van der Waals surface area contributed by atoms with E-state index in [1.165, 1.54) is 6.07 Å². The fourth-order valence-corrected chi connectivity index (χ4v) is 2.63. The minimum atomic E-state index is -0.524. The third kappa shape index (κ3) is 3.78. The molecule has 1 aromatic carbocycles. The Bertz CT molecular complexity index is 462. The van der Waals surface area contributed by atoms with E-state index in [0.29, 0.717) is 14.5 Å². The van der Waals surface area contributed by atoms with Crippen LogP contribution in [-0.4, -0.2) is 17.5 Å². The van der Waals surface area contributed by atoms with Crippen LogP contribution in [0.3, 0.4) is 0 Å². The molecule has 0 bridgehead atoms. The third-order valence-corrected chi connectivity index (χ3v) is 3.13. The molecule has 0 unspecified atom stereocenters. The monoisotopic (exact) mass is 365 g/mol. The molecule has 0 atom stereocenters. The van der Waals surface area contributed by atoms with E-state index in [-0.39, 0.29) is 18.7 Å². The Labute approximate surface area is 115 Å². The van der Waals surface area contributed by atoms with Gasteiger partial charge in [0.25, 0.3) is 5.69 Å². The van der Waals surface area contributed by atoms with Gasteiger partial charge in [-0.1, -0.05) is 31.9 Å². The van der Waals surface area contributed by atoms with Crippen molar-refractivity contribution in [3.63, 3.8) is 0 Å². The number of nitro benzene ring substituents is 1. The lowest BCUT2D eigenvalue weighted by molar-refractivity contribution is -0.385. The fraction of sp³-hybridized carbons (Fsp3) is 0.300. The first-order chi connectivity index (χ1) is 7.95. The van der Waals surface area contributed by atoms with Crippen LogP contribution in [0.5, 0.6) is 0 Å². The molecule has 5 nitrogen and oxygen atoms in total. The molecule has 92 valence electrons. The van der Waals surface area contributed by atoms with Crippen LogP contribution >= 0.6 is 31.9 Å². The Kier molecular flexibility index (Phi) is 5.07. The second-order valence-electron chi connectivity index (χ2n) is 3.12. The van der Waals surface area contributed by atoms with Gasteiger partial charge in [0.05, 0.1) is 23.5 Å². The number of hydrogen-bond acceptors (Lipinski definition) is 4. The van der Waals surface area contributed by atoms with Gasteiger partial charge in [0.1, 0.15) is 0 Å². The van der Waals surface area contributed by atoms with Crippen molar-refractivity contribution in [3.8, 4) is 0 Å². The Morgan fingerprint density at radius 2 is 2.12 bits per heavy atom. The van der Waals surface area contributed by atoms with Crippen molar-refractivity contribution in [1.82, 2.24) is 0 Å². The van der Waals surface area contributed by atoms with Crippen molar-refractivity contribution < 1.29 is 14.5 Å². The maximum absolute atomic E-state index is 11.3. The predicted octanol–water partition coefficient (Wildman–Crippen LogP) is 3.23. The van der Waals surface area contributed by atoms with Crippen molar-refractivity contribution in [2.24, 2.45) is 0 Å². The Morgan fingerprint density at radius 1 is 1.47 bits per heavy atom. The number of rotatable bonds is 4. The molecule has 0 N–H and O–H groups in total. The molecule has 0 heterocycles. The number of ether oxygens (including phenoxy) is 1. The summed E-state index contributed by atoms with van der Waals surface area (Å²) in [6.07, 6.45) is -0.127. The quantitative estimate of drug-likeness (QED) is 0.466. The van der Waals surface area contributed by atoms with Crippen LogP contribution in [0.15, 0.2) is 21.1 Å². The van der Waals surface area contributed by atoms with Gasteiger partial charge in [-0.2, -0.15) is 0 Å². The van der Waals surface area contributed by atoms with E-state index in [1.54, 1.807) is 13.0 Å². The van der Waals surface area contributed by atoms with Crippen molar-refractivity contribution in [1.29, 1.82) is 0 Å². The molecule has 0 aliphatic heterocycles. The minimum absolute atomic E-state index is 0.112. The Hall–Kier alpha value is -0.950. The summed E-state index contributed by atoms with van der Waals surface area (Å²) in [5.41, 5.74) is 0.205. The molecule has 17 heavy (non-hydrogen) atoms. The van der Waals surface area contributed by atoms with Crippen LogP contribution < -0.4 is 0 Å². The van der Waals surface area contributed by atoms with E-state index in [4.69, 9.17) is 4.74 Å². The van der Waals surface area contributed by atoms with E-state index in [2.05, 4.69) is 31.9 Å². The lowest BCUT2D eigenvalue weighted by Gasteiger charge is -2.06. The molecule has 0 spiro atoms. The van der Waals surface area contributed by atoms with Gasteiger partial charge >= 0.3 is 5.97 Å². The van der Waals surface area contributed by atoms with Gasteiger partial charge in [0.2, 0.25) is 0 Å². The first kappa shape index (κ1) is 14.1. The summed E-state index contributed by atoms with van der Waals surface area (Å²) in [4.78, 5) is 21.7. The molecular formula is C10H9Br2NO4. The maximum Gasteiger partial charge on any atom is 0.310 e. The molecule has 1 rings (SSSR count). The van der Waals surface area contributed by atoms with Crippen LogP contribution in [0.1, 0.15) is 12.5 Å². The number of carbonyl (C=O) groups excluding carboxylic acids is 1. The molecule has 0 aliphatic carbocycles. The summed E-state index contributed by atoms with van der Waals surface area (Å²) in [6.45, 7) is 1.93. The summed E-state index contributed by atoms with van der Waals surface area (Å²) in [5, 5.41) is 10.9. The number of benzene rings is 1. The average molecular weight is 367 g/mol. The molecule has 0 aromatic heterocycles. The number of nitrogens with zero attached hydrogens (tertiary/aromatic N) is 1. The van der Waals surface area contributed by atoms with Crippen LogP contribution in [0.4, 0.5) is 5.69 Å². The largest absolute Gasteiger partial charge is 0.466 e. The highest BCUT2D eigenvalue weighted by Gasteiger charge is 2.21. The SMILES string of the molecule is CCOC(=O)Cc1c(Br)cc(Br)cc1[N+](=O)[O-]. The summed E-state index contributed by atoms with van der Waals surface area (Å²) in [5.74, 6) is -0.487. The molecule has 7 heteroatoms. The molecule has 0 fully saturated rings. The molecule has 0 radical (unpaired) electrons. The second-order valence-corrected chi connectivity index (χ2v) is 4.89. The van der Waals surface area contributed by atoms with Crippen LogP contribution in [0.25, 0.3) is 0 Å². The highest BCUT2D eigenvalue weighted by atomic mass is 79.9. The van der Waals surface area contributed by atoms with Gasteiger partial charge in [-0.3, -0.25) is 14.9 Å². The van der Waals surface area contributed by atoms with Crippen molar-refractivity contribution in [3.05, 3.63) is 36.8 Å². The molecule has 0 aliphatic rings. The summed E-state index contributed by atoms with van der Waals surface area (Å²) >= 11 is 6.37. The van der Waals surface area contributed by atoms with Gasteiger partial charge in [0.15, 0.2) is 0 Å². The highest BCUT2D eigenvalue weighted by molar-refractivity contribution is 9.11. The van der Waals surface area contributed by atoms with Crippen LogP contribution in [-0.2, 0) is 16.0 Å². The maximum atomic E-state index is 11.3. The molecular weight excluding hydrogens is 358 g/mol. The number of carbonyl (C=O) groups is 1. The smallest absolute Gasteiger partial charge is 0.310 e. The van der Waals surface area contributed by atoms with Crippen molar-refractivity contribution in [2.45, 2.75) is 13.3 Å². The van der Waals surface area contributed by atoms with Gasteiger partial charge < -0.3 is 4.74 Å². The number of nitro groups is 1. The summed E-state index contributed by atoms with van der Waals surface area (Å²) < 4.78 is 5.85. The first-order valence-corrected chi connectivity index (χ1v) is 6.32. The van der Waals surface area contributed by atoms with Gasteiger partial charge in [-0.05, 0) is 13.0 Å². The number of halogens is 2. The lowest BCUT2D eigenvalue weighted by atomic mass is 10.1. The molecule has 1 aromatic rings. The molecule has 0 amide bonds. The van der Waals surface area contributed by atoms with E-state index in [1.807, 2.05) is 0 Å². The van der Waals surface area contributed by atoms with E-state index in [9.17, 15) is 14.9 Å². The zero-order valence-electron chi connectivity index (χ0n) is 8.91. The highest BCUT2D eigenvalue weighted by Crippen LogP contribution is 2.31. The molecule has 0 saturated carbocycles. The number of hydrogen-bond donors (Lipinski definition) is 0. The van der Waals surface area contributed by atoms with Crippen molar-refractivity contribution >= 4 is 43.5 Å².